The lowest BCUT2D eigenvalue weighted by atomic mass is 10.4. The molecule has 0 spiro atoms. The molecular weight excluding hydrogens is 246 g/mol. The molecule has 2 aromatic heterocycles. The summed E-state index contributed by atoms with van der Waals surface area (Å²) in [5.74, 6) is -0.681. The Morgan fingerprint density at radius 3 is 3.00 bits per heavy atom. The van der Waals surface area contributed by atoms with Crippen molar-refractivity contribution >= 4 is 11.9 Å². The summed E-state index contributed by atoms with van der Waals surface area (Å²) in [6, 6.07) is 1.37. The molecule has 0 unspecified atom stereocenters. The van der Waals surface area contributed by atoms with Crippen LogP contribution in [-0.4, -0.2) is 37.6 Å². The van der Waals surface area contributed by atoms with Gasteiger partial charge in [0.2, 0.25) is 5.95 Å². The lowest BCUT2D eigenvalue weighted by molar-refractivity contribution is 0.0690. The molecule has 0 aliphatic carbocycles. The number of carboxylic acids is 1. The van der Waals surface area contributed by atoms with Crippen molar-refractivity contribution in [3.8, 4) is 0 Å². The zero-order chi connectivity index (χ0) is 13.8. The van der Waals surface area contributed by atoms with Crippen molar-refractivity contribution in [1.82, 2.24) is 19.5 Å². The van der Waals surface area contributed by atoms with Gasteiger partial charge in [-0.15, -0.1) is 0 Å². The van der Waals surface area contributed by atoms with Crippen LogP contribution in [0.4, 0.5) is 5.95 Å². The second-order valence-electron chi connectivity index (χ2n) is 4.07. The quantitative estimate of drug-likeness (QED) is 0.865. The number of imidazole rings is 1. The molecule has 0 atom stereocenters. The van der Waals surface area contributed by atoms with Crippen LogP contribution in [0.5, 0.6) is 0 Å². The molecule has 0 saturated carbocycles. The Labute approximate surface area is 110 Å². The first-order valence-corrected chi connectivity index (χ1v) is 5.88. The molecule has 2 aromatic rings. The maximum atomic E-state index is 10.9. The molecule has 7 nitrogen and oxygen atoms in total. The summed E-state index contributed by atoms with van der Waals surface area (Å²) in [7, 11) is 1.81. The topological polar surface area (TPSA) is 84.1 Å². The highest BCUT2D eigenvalue weighted by molar-refractivity contribution is 5.85. The summed E-state index contributed by atoms with van der Waals surface area (Å²) in [5.41, 5.74) is 1.01. The number of carboxylic acid groups (broad SMARTS) is 1. The summed E-state index contributed by atoms with van der Waals surface area (Å²) in [4.78, 5) is 24.8. The molecule has 0 bridgehead atoms. The minimum absolute atomic E-state index is 0.0131. The zero-order valence-corrected chi connectivity index (χ0v) is 10.8. The summed E-state index contributed by atoms with van der Waals surface area (Å²) in [6.07, 6.45) is 4.98. The van der Waals surface area contributed by atoms with E-state index < -0.39 is 5.97 Å². The van der Waals surface area contributed by atoms with Crippen LogP contribution in [0.3, 0.4) is 0 Å². The Morgan fingerprint density at radius 2 is 2.32 bits per heavy atom. The highest BCUT2D eigenvalue weighted by Gasteiger charge is 2.11. The highest BCUT2D eigenvalue weighted by Crippen LogP contribution is 2.10. The Hall–Kier alpha value is -2.44. The maximum Gasteiger partial charge on any atom is 0.354 e. The van der Waals surface area contributed by atoms with E-state index in [1.54, 1.807) is 17.4 Å². The molecular formula is C12H15N5O2. The van der Waals surface area contributed by atoms with E-state index in [1.807, 2.05) is 18.5 Å². The first-order valence-electron chi connectivity index (χ1n) is 5.88. The van der Waals surface area contributed by atoms with Gasteiger partial charge in [-0.25, -0.2) is 19.7 Å². The van der Waals surface area contributed by atoms with Gasteiger partial charge in [-0.05, 0) is 13.0 Å². The lowest BCUT2D eigenvalue weighted by Crippen LogP contribution is -2.21. The van der Waals surface area contributed by atoms with Crippen molar-refractivity contribution in [3.05, 3.63) is 36.2 Å². The summed E-state index contributed by atoms with van der Waals surface area (Å²) in [5, 5.41) is 8.91. The van der Waals surface area contributed by atoms with E-state index in [-0.39, 0.29) is 5.69 Å². The fourth-order valence-corrected chi connectivity index (χ4v) is 1.73. The molecule has 2 heterocycles. The van der Waals surface area contributed by atoms with Crippen molar-refractivity contribution in [3.63, 3.8) is 0 Å². The van der Waals surface area contributed by atoms with E-state index in [2.05, 4.69) is 15.0 Å². The second kappa shape index (κ2) is 5.47. The Morgan fingerprint density at radius 1 is 1.53 bits per heavy atom. The zero-order valence-electron chi connectivity index (χ0n) is 10.8. The molecule has 0 amide bonds. The molecule has 100 valence electrons. The van der Waals surface area contributed by atoms with Gasteiger partial charge in [-0.1, -0.05) is 0 Å². The van der Waals surface area contributed by atoms with Crippen LogP contribution in [-0.2, 0) is 13.1 Å². The van der Waals surface area contributed by atoms with E-state index in [9.17, 15) is 4.79 Å². The number of hydrogen-bond acceptors (Lipinski definition) is 5. The maximum absolute atomic E-state index is 10.9. The first-order chi connectivity index (χ1) is 9.11. The lowest BCUT2D eigenvalue weighted by Gasteiger charge is -2.17. The number of rotatable bonds is 5. The number of aryl methyl sites for hydroxylation is 1. The fourth-order valence-electron chi connectivity index (χ4n) is 1.73. The normalized spacial score (nSPS) is 10.4. The Bertz CT molecular complexity index is 581. The third kappa shape index (κ3) is 2.87. The molecule has 19 heavy (non-hydrogen) atoms. The number of carbonyl (C=O) groups is 1. The second-order valence-corrected chi connectivity index (χ2v) is 4.07. The molecule has 0 aliphatic heterocycles. The number of anilines is 1. The van der Waals surface area contributed by atoms with Crippen LogP contribution < -0.4 is 4.90 Å². The van der Waals surface area contributed by atoms with Gasteiger partial charge in [0.25, 0.3) is 0 Å². The number of aromatic carboxylic acids is 1. The van der Waals surface area contributed by atoms with E-state index >= 15 is 0 Å². The number of aromatic nitrogens is 4. The van der Waals surface area contributed by atoms with Crippen LogP contribution in [0, 0.1) is 0 Å². The smallest absolute Gasteiger partial charge is 0.354 e. The number of nitrogens with zero attached hydrogens (tertiary/aromatic N) is 5. The average Bonchev–Trinajstić information content (AvgIpc) is 2.86. The molecule has 0 saturated heterocycles. The van der Waals surface area contributed by atoms with Gasteiger partial charge in [-0.3, -0.25) is 0 Å². The van der Waals surface area contributed by atoms with Gasteiger partial charge in [0.05, 0.1) is 18.6 Å². The van der Waals surface area contributed by atoms with Crippen molar-refractivity contribution in [2.45, 2.75) is 20.0 Å². The van der Waals surface area contributed by atoms with Crippen molar-refractivity contribution in [1.29, 1.82) is 0 Å². The van der Waals surface area contributed by atoms with Gasteiger partial charge < -0.3 is 14.6 Å². The molecule has 0 aromatic carbocycles. The summed E-state index contributed by atoms with van der Waals surface area (Å²) in [6.45, 7) is 3.43. The molecule has 0 radical (unpaired) electrons. The van der Waals surface area contributed by atoms with Crippen LogP contribution in [0.1, 0.15) is 23.1 Å². The SMILES string of the molecule is CCn1cncc1CN(C)c1nccc(C(=O)O)n1. The summed E-state index contributed by atoms with van der Waals surface area (Å²) < 4.78 is 2.01. The molecule has 2 rings (SSSR count). The van der Waals surface area contributed by atoms with Crippen molar-refractivity contribution in [2.24, 2.45) is 0 Å². The van der Waals surface area contributed by atoms with E-state index in [0.29, 0.717) is 12.5 Å². The van der Waals surface area contributed by atoms with E-state index in [4.69, 9.17) is 5.11 Å². The Balaban J connectivity index is 2.18. The van der Waals surface area contributed by atoms with E-state index in [0.717, 1.165) is 12.2 Å². The predicted octanol–water partition coefficient (Wildman–Crippen LogP) is 1.03. The minimum atomic E-state index is -1.06. The van der Waals surface area contributed by atoms with E-state index in [1.165, 1.54) is 12.3 Å². The van der Waals surface area contributed by atoms with Gasteiger partial charge in [-0.2, -0.15) is 0 Å². The van der Waals surface area contributed by atoms with Crippen LogP contribution in [0.25, 0.3) is 0 Å². The highest BCUT2D eigenvalue weighted by atomic mass is 16.4. The third-order valence-corrected chi connectivity index (χ3v) is 2.74. The standard InChI is InChI=1S/C12H15N5O2/c1-3-17-8-13-6-9(17)7-16(2)12-14-5-4-10(15-12)11(18)19/h4-6,8H,3,7H2,1-2H3,(H,18,19). The van der Waals surface area contributed by atoms with Gasteiger partial charge >= 0.3 is 5.97 Å². The Kier molecular flexibility index (Phi) is 3.74. The number of hydrogen-bond donors (Lipinski definition) is 1. The van der Waals surface area contributed by atoms with Gasteiger partial charge in [0, 0.05) is 26.0 Å². The molecule has 7 heteroatoms. The summed E-state index contributed by atoms with van der Waals surface area (Å²) >= 11 is 0. The minimum Gasteiger partial charge on any atom is -0.477 e. The molecule has 0 fully saturated rings. The van der Waals surface area contributed by atoms with Crippen molar-refractivity contribution in [2.75, 3.05) is 11.9 Å². The third-order valence-electron chi connectivity index (χ3n) is 2.74. The van der Waals surface area contributed by atoms with Gasteiger partial charge in [0.1, 0.15) is 0 Å². The average molecular weight is 261 g/mol. The van der Waals surface area contributed by atoms with Crippen LogP contribution in [0.15, 0.2) is 24.8 Å². The molecule has 0 aliphatic rings. The first kappa shape index (κ1) is 13.0. The monoisotopic (exact) mass is 261 g/mol. The fraction of sp³-hybridized carbons (Fsp3) is 0.333. The van der Waals surface area contributed by atoms with Crippen molar-refractivity contribution < 1.29 is 9.90 Å². The largest absolute Gasteiger partial charge is 0.477 e. The predicted molar refractivity (Wildman–Crippen MR) is 69.0 cm³/mol. The van der Waals surface area contributed by atoms with Crippen LogP contribution >= 0.6 is 0 Å². The van der Waals surface area contributed by atoms with Gasteiger partial charge in [0.15, 0.2) is 5.69 Å². The molecule has 1 N–H and O–H groups in total. The van der Waals surface area contributed by atoms with Crippen LogP contribution in [0.2, 0.25) is 0 Å².